The number of hydrogen-bond acceptors (Lipinski definition) is 1. The van der Waals surface area contributed by atoms with Gasteiger partial charge in [-0.3, -0.25) is 4.79 Å². The highest BCUT2D eigenvalue weighted by atomic mass is 35.5. The quantitative estimate of drug-likeness (QED) is 0.755. The van der Waals surface area contributed by atoms with E-state index in [0.717, 1.165) is 35.7 Å². The second-order valence-corrected chi connectivity index (χ2v) is 6.98. The lowest BCUT2D eigenvalue weighted by atomic mass is 9.66. The van der Waals surface area contributed by atoms with Crippen LogP contribution in [-0.2, 0) is 0 Å². The molecule has 1 saturated carbocycles. The molecule has 0 spiro atoms. The van der Waals surface area contributed by atoms with Crippen LogP contribution in [0.25, 0.3) is 10.9 Å². The molecule has 0 bridgehead atoms. The molecule has 1 N–H and O–H groups in total. The van der Waals surface area contributed by atoms with Gasteiger partial charge in [0.15, 0.2) is 5.78 Å². The van der Waals surface area contributed by atoms with Gasteiger partial charge in [0, 0.05) is 33.6 Å². The highest BCUT2D eigenvalue weighted by molar-refractivity contribution is 6.31. The van der Waals surface area contributed by atoms with E-state index in [4.69, 9.17) is 11.6 Å². The molecule has 1 aliphatic carbocycles. The van der Waals surface area contributed by atoms with Gasteiger partial charge in [0.05, 0.1) is 0 Å². The first-order valence-corrected chi connectivity index (χ1v) is 7.68. The molecule has 1 aliphatic rings. The molecule has 0 saturated heterocycles. The minimum atomic E-state index is 0.0947. The summed E-state index contributed by atoms with van der Waals surface area (Å²) < 4.78 is 0. The normalized spacial score (nSPS) is 22.1. The van der Waals surface area contributed by atoms with Gasteiger partial charge >= 0.3 is 0 Å². The van der Waals surface area contributed by atoms with Crippen LogP contribution in [0.5, 0.6) is 0 Å². The summed E-state index contributed by atoms with van der Waals surface area (Å²) in [6.45, 7) is 4.44. The maximum absolute atomic E-state index is 12.9. The number of carbonyl (C=O) groups excluding carboxylic acids is 1. The van der Waals surface area contributed by atoms with Crippen LogP contribution in [-0.4, -0.2) is 10.8 Å². The first-order valence-electron chi connectivity index (χ1n) is 7.30. The fourth-order valence-corrected chi connectivity index (χ4v) is 3.64. The lowest BCUT2D eigenvalue weighted by molar-refractivity contribution is 0.0699. The number of benzene rings is 1. The first kappa shape index (κ1) is 13.7. The smallest absolute Gasteiger partial charge is 0.168 e. The zero-order chi connectivity index (χ0) is 14.3. The summed E-state index contributed by atoms with van der Waals surface area (Å²) in [5, 5.41) is 1.62. The van der Waals surface area contributed by atoms with E-state index in [-0.39, 0.29) is 17.1 Å². The van der Waals surface area contributed by atoms with Gasteiger partial charge in [-0.1, -0.05) is 38.3 Å². The van der Waals surface area contributed by atoms with E-state index >= 15 is 0 Å². The third kappa shape index (κ3) is 2.26. The summed E-state index contributed by atoms with van der Waals surface area (Å²) in [5.41, 5.74) is 1.87. The molecule has 3 heteroatoms. The minimum absolute atomic E-state index is 0.0947. The fraction of sp³-hybridized carbons (Fsp3) is 0.471. The fourth-order valence-electron chi connectivity index (χ4n) is 3.46. The van der Waals surface area contributed by atoms with E-state index < -0.39 is 0 Å². The Morgan fingerprint density at radius 2 is 2.15 bits per heavy atom. The van der Waals surface area contributed by atoms with Crippen molar-refractivity contribution in [2.24, 2.45) is 11.3 Å². The van der Waals surface area contributed by atoms with Crippen LogP contribution in [0.3, 0.4) is 0 Å². The number of fused-ring (bicyclic) bond motifs is 1. The molecule has 0 amide bonds. The van der Waals surface area contributed by atoms with E-state index in [1.165, 1.54) is 6.42 Å². The zero-order valence-electron chi connectivity index (χ0n) is 12.0. The summed E-state index contributed by atoms with van der Waals surface area (Å²) in [7, 11) is 0. The van der Waals surface area contributed by atoms with Gasteiger partial charge < -0.3 is 4.98 Å². The molecule has 0 radical (unpaired) electrons. The largest absolute Gasteiger partial charge is 0.360 e. The predicted molar refractivity (Wildman–Crippen MR) is 83.4 cm³/mol. The number of nitrogens with one attached hydrogen (secondary N) is 1. The Morgan fingerprint density at radius 3 is 2.90 bits per heavy atom. The maximum Gasteiger partial charge on any atom is 0.168 e. The Kier molecular flexibility index (Phi) is 3.37. The van der Waals surface area contributed by atoms with Gasteiger partial charge in [-0.2, -0.15) is 0 Å². The second kappa shape index (κ2) is 4.92. The van der Waals surface area contributed by atoms with Crippen LogP contribution in [0.4, 0.5) is 0 Å². The molecule has 1 atom stereocenters. The van der Waals surface area contributed by atoms with Gasteiger partial charge in [-0.05, 0) is 36.5 Å². The van der Waals surface area contributed by atoms with Crippen LogP contribution >= 0.6 is 11.6 Å². The van der Waals surface area contributed by atoms with Crippen LogP contribution < -0.4 is 0 Å². The molecule has 1 heterocycles. The van der Waals surface area contributed by atoms with Crippen LogP contribution in [0.1, 0.15) is 49.9 Å². The van der Waals surface area contributed by atoms with E-state index in [9.17, 15) is 4.79 Å². The molecule has 20 heavy (non-hydrogen) atoms. The van der Waals surface area contributed by atoms with E-state index in [0.29, 0.717) is 5.02 Å². The molecule has 1 aromatic heterocycles. The summed E-state index contributed by atoms with van der Waals surface area (Å²) in [6.07, 6.45) is 6.36. The average Bonchev–Trinajstić information content (AvgIpc) is 2.80. The lowest BCUT2D eigenvalue weighted by Gasteiger charge is -2.37. The van der Waals surface area contributed by atoms with Crippen LogP contribution in [0.15, 0.2) is 24.4 Å². The highest BCUT2D eigenvalue weighted by Gasteiger charge is 2.38. The number of rotatable bonds is 2. The van der Waals surface area contributed by atoms with Crippen molar-refractivity contribution in [3.8, 4) is 0 Å². The number of H-pyrrole nitrogens is 1. The predicted octanol–water partition coefficient (Wildman–Crippen LogP) is 5.22. The first-order chi connectivity index (χ1) is 9.49. The Balaban J connectivity index is 2.02. The number of carbonyl (C=O) groups is 1. The topological polar surface area (TPSA) is 32.9 Å². The van der Waals surface area contributed by atoms with Crippen molar-refractivity contribution in [1.29, 1.82) is 0 Å². The molecular weight excluding hydrogens is 270 g/mol. The van der Waals surface area contributed by atoms with Gasteiger partial charge in [0.2, 0.25) is 0 Å². The van der Waals surface area contributed by atoms with E-state index in [2.05, 4.69) is 18.8 Å². The Morgan fingerprint density at radius 1 is 1.35 bits per heavy atom. The Bertz CT molecular complexity index is 656. The van der Waals surface area contributed by atoms with Crippen molar-refractivity contribution in [1.82, 2.24) is 4.98 Å². The molecular formula is C17H20ClNO. The Labute approximate surface area is 124 Å². The monoisotopic (exact) mass is 289 g/mol. The van der Waals surface area contributed by atoms with Crippen LogP contribution in [0.2, 0.25) is 5.02 Å². The maximum atomic E-state index is 12.9. The molecule has 3 rings (SSSR count). The number of halogens is 1. The average molecular weight is 290 g/mol. The molecule has 1 fully saturated rings. The van der Waals surface area contributed by atoms with E-state index in [1.807, 2.05) is 24.4 Å². The molecule has 2 nitrogen and oxygen atoms in total. The van der Waals surface area contributed by atoms with Crippen LogP contribution in [0, 0.1) is 11.3 Å². The summed E-state index contributed by atoms with van der Waals surface area (Å²) in [5.74, 6) is 0.387. The highest BCUT2D eigenvalue weighted by Crippen LogP contribution is 2.42. The number of aromatic nitrogens is 1. The third-order valence-electron chi connectivity index (χ3n) is 4.73. The van der Waals surface area contributed by atoms with Crippen molar-refractivity contribution >= 4 is 28.3 Å². The SMILES string of the molecule is CC1(C)CCCCC1C(=O)c1c[nH]c2ccc(Cl)cc12. The second-order valence-electron chi connectivity index (χ2n) is 6.54. The number of hydrogen-bond donors (Lipinski definition) is 1. The van der Waals surface area contributed by atoms with E-state index in [1.54, 1.807) is 0 Å². The third-order valence-corrected chi connectivity index (χ3v) is 4.97. The molecule has 1 aromatic carbocycles. The van der Waals surface area contributed by atoms with Crippen molar-refractivity contribution in [2.45, 2.75) is 39.5 Å². The lowest BCUT2D eigenvalue weighted by Crippen LogP contribution is -2.34. The van der Waals surface area contributed by atoms with Crippen molar-refractivity contribution in [3.05, 3.63) is 35.0 Å². The number of Topliss-reactive ketones (excluding diaryl/α,β-unsaturated/α-hetero) is 1. The standard InChI is InChI=1S/C17H20ClNO/c1-17(2)8-4-3-5-14(17)16(20)13-10-19-15-7-6-11(18)9-12(13)15/h6-7,9-10,14,19H,3-5,8H2,1-2H3. The van der Waals surface area contributed by atoms with Crippen molar-refractivity contribution < 1.29 is 4.79 Å². The molecule has 0 aliphatic heterocycles. The summed E-state index contributed by atoms with van der Waals surface area (Å²) in [4.78, 5) is 16.1. The zero-order valence-corrected chi connectivity index (χ0v) is 12.8. The van der Waals surface area contributed by atoms with Gasteiger partial charge in [-0.15, -0.1) is 0 Å². The Hall–Kier alpha value is -1.28. The number of ketones is 1. The van der Waals surface area contributed by atoms with Crippen molar-refractivity contribution in [3.63, 3.8) is 0 Å². The van der Waals surface area contributed by atoms with Gasteiger partial charge in [0.1, 0.15) is 0 Å². The minimum Gasteiger partial charge on any atom is -0.360 e. The summed E-state index contributed by atoms with van der Waals surface area (Å²) in [6, 6.07) is 5.66. The van der Waals surface area contributed by atoms with Crippen molar-refractivity contribution in [2.75, 3.05) is 0 Å². The van der Waals surface area contributed by atoms with Gasteiger partial charge in [-0.25, -0.2) is 0 Å². The molecule has 1 unspecified atom stereocenters. The molecule has 106 valence electrons. The van der Waals surface area contributed by atoms with Gasteiger partial charge in [0.25, 0.3) is 0 Å². The molecule has 2 aromatic rings. The number of aromatic amines is 1. The summed E-state index contributed by atoms with van der Waals surface area (Å²) >= 11 is 6.07.